The van der Waals surface area contributed by atoms with Crippen LogP contribution in [0.1, 0.15) is 31.9 Å². The predicted molar refractivity (Wildman–Crippen MR) is 85.1 cm³/mol. The molecule has 1 rings (SSSR count). The minimum atomic E-state index is 0.155. The highest BCUT2D eigenvalue weighted by Crippen LogP contribution is 2.19. The maximum absolute atomic E-state index is 2.23. The summed E-state index contributed by atoms with van der Waals surface area (Å²) >= 11 is 0. The van der Waals surface area contributed by atoms with Gasteiger partial charge in [0.2, 0.25) is 0 Å². The average molecular weight is 252 g/mol. The maximum Gasteiger partial charge on any atom is -0.0132 e. The van der Waals surface area contributed by atoms with Crippen molar-refractivity contribution < 1.29 is 0 Å². The summed E-state index contributed by atoms with van der Waals surface area (Å²) in [5, 5.41) is 0. The average Bonchev–Trinajstić information content (AvgIpc) is 2.32. The molecule has 0 bridgehead atoms. The molecule has 0 heteroatoms. The van der Waals surface area contributed by atoms with Crippen LogP contribution >= 0.6 is 0 Å². The van der Waals surface area contributed by atoms with Crippen LogP contribution in [0.15, 0.2) is 72.8 Å². The molecule has 0 aliphatic carbocycles. The standard InChI is InChI=1S/C19H24/c1-17-13-9-5-7-11-15-18(19(2,3)4)16-12-8-6-10-14-17/h5-16H,1-4H3. The van der Waals surface area contributed by atoms with E-state index in [2.05, 4.69) is 100 Å². The summed E-state index contributed by atoms with van der Waals surface area (Å²) in [7, 11) is 0. The third kappa shape index (κ3) is 6.61. The van der Waals surface area contributed by atoms with E-state index < -0.39 is 0 Å². The molecule has 0 nitrogen and oxygen atoms in total. The van der Waals surface area contributed by atoms with Gasteiger partial charge in [0.15, 0.2) is 0 Å². The fourth-order valence-electron chi connectivity index (χ4n) is 1.60. The Morgan fingerprint density at radius 1 is 0.579 bits per heavy atom. The zero-order valence-corrected chi connectivity index (χ0v) is 12.4. The molecular weight excluding hydrogens is 228 g/mol. The van der Waals surface area contributed by atoms with Crippen LogP contribution in [0.4, 0.5) is 0 Å². The second-order valence-corrected chi connectivity index (χ2v) is 5.66. The Kier molecular flexibility index (Phi) is 6.08. The first-order chi connectivity index (χ1) is 9.00. The summed E-state index contributed by atoms with van der Waals surface area (Å²) in [5.41, 5.74) is 2.71. The van der Waals surface area contributed by atoms with Crippen molar-refractivity contribution in [2.75, 3.05) is 0 Å². The number of aryl methyl sites for hydroxylation is 1. The fraction of sp³-hybridized carbons (Fsp3) is 0.263. The third-order valence-corrected chi connectivity index (χ3v) is 2.80. The van der Waals surface area contributed by atoms with Gasteiger partial charge in [0.05, 0.1) is 0 Å². The Balaban J connectivity index is 3.33. The number of hydrogen-bond acceptors (Lipinski definition) is 0. The van der Waals surface area contributed by atoms with Gasteiger partial charge in [-0.15, -0.1) is 0 Å². The van der Waals surface area contributed by atoms with Crippen molar-refractivity contribution in [3.8, 4) is 0 Å². The van der Waals surface area contributed by atoms with E-state index in [0.29, 0.717) is 0 Å². The van der Waals surface area contributed by atoms with E-state index in [4.69, 9.17) is 0 Å². The molecule has 0 saturated carbocycles. The lowest BCUT2D eigenvalue weighted by molar-refractivity contribution is 0.591. The van der Waals surface area contributed by atoms with Gasteiger partial charge in [0.25, 0.3) is 0 Å². The minimum Gasteiger partial charge on any atom is -0.0623 e. The lowest BCUT2D eigenvalue weighted by atomic mass is 9.88. The van der Waals surface area contributed by atoms with Crippen molar-refractivity contribution in [3.05, 3.63) is 83.9 Å². The Morgan fingerprint density at radius 3 is 1.32 bits per heavy atom. The molecule has 19 heavy (non-hydrogen) atoms. The highest BCUT2D eigenvalue weighted by atomic mass is 14.1. The van der Waals surface area contributed by atoms with E-state index in [-0.39, 0.29) is 5.41 Å². The molecular formula is C19H24. The zero-order chi connectivity index (χ0) is 14.1. The Morgan fingerprint density at radius 2 is 0.947 bits per heavy atom. The van der Waals surface area contributed by atoms with Crippen LogP contribution in [0.25, 0.3) is 0 Å². The van der Waals surface area contributed by atoms with Gasteiger partial charge in [-0.1, -0.05) is 99.1 Å². The normalized spacial score (nSPS) is 10.1. The van der Waals surface area contributed by atoms with Gasteiger partial charge in [-0.05, 0) is 17.9 Å². The van der Waals surface area contributed by atoms with Crippen LogP contribution in [0, 0.1) is 6.92 Å². The van der Waals surface area contributed by atoms with Crippen LogP contribution in [0.5, 0.6) is 0 Å². The minimum absolute atomic E-state index is 0.155. The lowest BCUT2D eigenvalue weighted by Gasteiger charge is -2.17. The molecule has 0 aromatic heterocycles. The van der Waals surface area contributed by atoms with E-state index in [1.54, 1.807) is 0 Å². The molecule has 0 atom stereocenters. The molecule has 0 fully saturated rings. The van der Waals surface area contributed by atoms with E-state index in [0.717, 1.165) is 0 Å². The molecule has 100 valence electrons. The molecule has 0 spiro atoms. The van der Waals surface area contributed by atoms with Crippen molar-refractivity contribution >= 4 is 0 Å². The molecule has 1 aromatic rings. The van der Waals surface area contributed by atoms with Crippen molar-refractivity contribution in [1.29, 1.82) is 0 Å². The molecule has 0 radical (unpaired) electrons. The van der Waals surface area contributed by atoms with Crippen molar-refractivity contribution in [3.63, 3.8) is 0 Å². The monoisotopic (exact) mass is 252 g/mol. The topological polar surface area (TPSA) is 0 Å². The van der Waals surface area contributed by atoms with Crippen molar-refractivity contribution in [2.24, 2.45) is 0 Å². The summed E-state index contributed by atoms with van der Waals surface area (Å²) in [4.78, 5) is 0. The maximum atomic E-state index is 2.23. The van der Waals surface area contributed by atoms with Gasteiger partial charge in [-0.25, -0.2) is 0 Å². The summed E-state index contributed by atoms with van der Waals surface area (Å²) in [6, 6.07) is 25.1. The van der Waals surface area contributed by atoms with Crippen molar-refractivity contribution in [1.82, 2.24) is 0 Å². The largest absolute Gasteiger partial charge is 0.0623 e. The van der Waals surface area contributed by atoms with Gasteiger partial charge < -0.3 is 0 Å². The summed E-state index contributed by atoms with van der Waals surface area (Å²) in [6.07, 6.45) is 0. The first-order valence-corrected chi connectivity index (χ1v) is 6.74. The molecule has 0 saturated heterocycles. The van der Waals surface area contributed by atoms with Crippen LogP contribution in [-0.4, -0.2) is 0 Å². The van der Waals surface area contributed by atoms with Gasteiger partial charge in [0, 0.05) is 0 Å². The van der Waals surface area contributed by atoms with E-state index >= 15 is 0 Å². The van der Waals surface area contributed by atoms with Crippen molar-refractivity contribution in [2.45, 2.75) is 33.1 Å². The lowest BCUT2D eigenvalue weighted by Crippen LogP contribution is -2.09. The third-order valence-electron chi connectivity index (χ3n) is 2.80. The molecule has 0 N–H and O–H groups in total. The smallest absolute Gasteiger partial charge is 0.0132 e. The number of hydrogen-bond donors (Lipinski definition) is 0. The summed E-state index contributed by atoms with van der Waals surface area (Å²) in [5.74, 6) is 0. The quantitative estimate of drug-likeness (QED) is 0.568. The molecule has 0 aliphatic heterocycles. The summed E-state index contributed by atoms with van der Waals surface area (Å²) in [6.45, 7) is 8.78. The first-order valence-electron chi connectivity index (χ1n) is 6.74. The van der Waals surface area contributed by atoms with Gasteiger partial charge in [-0.3, -0.25) is 0 Å². The molecule has 0 amide bonds. The Labute approximate surface area is 117 Å². The Hall–Kier alpha value is -1.82. The second-order valence-electron chi connectivity index (χ2n) is 5.66. The van der Waals surface area contributed by atoms with Gasteiger partial charge in [0.1, 0.15) is 0 Å². The van der Waals surface area contributed by atoms with Crippen LogP contribution in [0.2, 0.25) is 0 Å². The second kappa shape index (κ2) is 7.58. The predicted octanol–water partition coefficient (Wildman–Crippen LogP) is 5.54. The van der Waals surface area contributed by atoms with Gasteiger partial charge in [-0.2, -0.15) is 0 Å². The van der Waals surface area contributed by atoms with E-state index in [1.807, 2.05) is 0 Å². The van der Waals surface area contributed by atoms with E-state index in [1.165, 1.54) is 11.1 Å². The molecule has 0 aliphatic rings. The van der Waals surface area contributed by atoms with Crippen LogP contribution in [0.3, 0.4) is 0 Å². The van der Waals surface area contributed by atoms with Crippen LogP contribution < -0.4 is 0 Å². The SMILES string of the molecule is Cc1ccccccc(C(C)(C)C)cccccc1. The molecule has 0 unspecified atom stereocenters. The summed E-state index contributed by atoms with van der Waals surface area (Å²) < 4.78 is 0. The van der Waals surface area contributed by atoms with Crippen LogP contribution in [-0.2, 0) is 5.41 Å². The van der Waals surface area contributed by atoms with E-state index in [9.17, 15) is 0 Å². The highest BCUT2D eigenvalue weighted by molar-refractivity contribution is 5.19. The van der Waals surface area contributed by atoms with Gasteiger partial charge >= 0.3 is 0 Å². The molecule has 1 aromatic carbocycles. The Bertz CT molecular complexity index is 466. The fourth-order valence-corrected chi connectivity index (χ4v) is 1.60. The zero-order valence-electron chi connectivity index (χ0n) is 12.4. The highest BCUT2D eigenvalue weighted by Gasteiger charge is 2.10. The first kappa shape index (κ1) is 15.2. The number of rotatable bonds is 0. The molecule has 0 heterocycles.